The standard InChI is InChI=1S/C30H54N2O7.C18H32N2O4S/c1-3-5-6-9-16-25(33)17-10-7-8-11-20-28(35)31-23-14-12-18-26(32-29(36)21-22-30(37)38)27(34)19-13-15-24-39-4-2;1-2-23-11-12-24-10-6-5-8-14(21)7-3-4-9-16-17-15(13-25-16)19-18(22)20-17/h26H,3-24H2,1-2H3,(H,31,35)(H,32,36)(H,37,38);15-17H,2-13H2,1H3,(H2,19,20,22)/t26-;15-,16-,17-/m00/s1. The van der Waals surface area contributed by atoms with Crippen molar-refractivity contribution in [2.45, 2.75) is 211 Å². The number of carbonyl (C=O) groups excluding carboxylic acids is 6. The molecule has 0 aromatic heterocycles. The first-order valence-corrected chi connectivity index (χ1v) is 25.8. The Morgan fingerprint density at radius 2 is 1.20 bits per heavy atom. The van der Waals surface area contributed by atoms with Crippen molar-refractivity contribution in [3.63, 3.8) is 0 Å². The van der Waals surface area contributed by atoms with E-state index < -0.39 is 17.9 Å². The number of ketones is 3. The highest BCUT2D eigenvalue weighted by Crippen LogP contribution is 2.33. The van der Waals surface area contributed by atoms with E-state index in [9.17, 15) is 33.6 Å². The fourth-order valence-corrected chi connectivity index (χ4v) is 9.12. The van der Waals surface area contributed by atoms with Crippen molar-refractivity contribution < 1.29 is 52.9 Å². The van der Waals surface area contributed by atoms with Gasteiger partial charge >= 0.3 is 12.0 Å². The fourth-order valence-electron chi connectivity index (χ4n) is 7.57. The van der Waals surface area contributed by atoms with Crippen molar-refractivity contribution >= 4 is 52.9 Å². The minimum absolute atomic E-state index is 0.00546. The van der Waals surface area contributed by atoms with Gasteiger partial charge in [0.15, 0.2) is 5.78 Å². The van der Waals surface area contributed by atoms with Gasteiger partial charge in [0.2, 0.25) is 11.8 Å². The van der Waals surface area contributed by atoms with Crippen LogP contribution in [0.5, 0.6) is 0 Å². The number of urea groups is 1. The number of rotatable bonds is 42. The number of aliphatic carboxylic acids is 1. The number of carboxylic acid groups (broad SMARTS) is 1. The highest BCUT2D eigenvalue weighted by molar-refractivity contribution is 8.00. The van der Waals surface area contributed by atoms with E-state index in [1.807, 2.05) is 25.6 Å². The largest absolute Gasteiger partial charge is 0.481 e. The maximum Gasteiger partial charge on any atom is 0.315 e. The molecule has 0 radical (unpaired) electrons. The molecule has 5 N–H and O–H groups in total. The Balaban J connectivity index is 0.000000700. The molecule has 15 nitrogen and oxygen atoms in total. The van der Waals surface area contributed by atoms with E-state index in [1.54, 1.807) is 0 Å². The molecule has 0 unspecified atom stereocenters. The molecule has 2 rings (SSSR count). The number of Topliss-reactive ketones (excluding diaryl/α,β-unsaturated/α-hetero) is 3. The van der Waals surface area contributed by atoms with Gasteiger partial charge in [-0.05, 0) is 90.9 Å². The van der Waals surface area contributed by atoms with E-state index in [-0.39, 0.29) is 36.6 Å². The van der Waals surface area contributed by atoms with Gasteiger partial charge in [-0.3, -0.25) is 28.8 Å². The van der Waals surface area contributed by atoms with E-state index in [0.29, 0.717) is 127 Å². The zero-order chi connectivity index (χ0) is 47.0. The lowest BCUT2D eigenvalue weighted by atomic mass is 10.0. The van der Waals surface area contributed by atoms with Gasteiger partial charge in [-0.25, -0.2) is 4.79 Å². The van der Waals surface area contributed by atoms with Crippen LogP contribution in [0.3, 0.4) is 0 Å². The van der Waals surface area contributed by atoms with Crippen molar-refractivity contribution in [3.05, 3.63) is 0 Å². The van der Waals surface area contributed by atoms with Gasteiger partial charge in [-0.2, -0.15) is 11.8 Å². The Hall–Kier alpha value is -3.08. The van der Waals surface area contributed by atoms with Crippen LogP contribution in [0.25, 0.3) is 0 Å². The van der Waals surface area contributed by atoms with Gasteiger partial charge in [0.25, 0.3) is 0 Å². The summed E-state index contributed by atoms with van der Waals surface area (Å²) in [6.07, 6.45) is 19.3. The summed E-state index contributed by atoms with van der Waals surface area (Å²) >= 11 is 1.94. The second-order valence-corrected chi connectivity index (χ2v) is 18.2. The molecule has 2 fully saturated rings. The van der Waals surface area contributed by atoms with Crippen molar-refractivity contribution in [3.8, 4) is 0 Å². The molecule has 0 aliphatic carbocycles. The van der Waals surface area contributed by atoms with Crippen LogP contribution in [0.1, 0.15) is 188 Å². The maximum atomic E-state index is 12.7. The Morgan fingerprint density at radius 1 is 0.625 bits per heavy atom. The van der Waals surface area contributed by atoms with Crippen LogP contribution in [0.4, 0.5) is 4.79 Å². The molecule has 2 aliphatic rings. The van der Waals surface area contributed by atoms with Crippen LogP contribution >= 0.6 is 11.8 Å². The zero-order valence-electron chi connectivity index (χ0n) is 39.8. The van der Waals surface area contributed by atoms with E-state index in [4.69, 9.17) is 19.3 Å². The molecule has 2 saturated heterocycles. The van der Waals surface area contributed by atoms with Crippen LogP contribution in [0, 0.1) is 0 Å². The maximum absolute atomic E-state index is 12.7. The summed E-state index contributed by atoms with van der Waals surface area (Å²) < 4.78 is 15.9. The van der Waals surface area contributed by atoms with Gasteiger partial charge in [0.05, 0.1) is 37.8 Å². The lowest BCUT2D eigenvalue weighted by Crippen LogP contribution is -2.41. The molecule has 0 aromatic rings. The summed E-state index contributed by atoms with van der Waals surface area (Å²) in [4.78, 5) is 82.7. The van der Waals surface area contributed by atoms with Crippen molar-refractivity contribution in [2.24, 2.45) is 0 Å². The Labute approximate surface area is 388 Å². The van der Waals surface area contributed by atoms with Gasteiger partial charge in [0.1, 0.15) is 11.6 Å². The summed E-state index contributed by atoms with van der Waals surface area (Å²) in [7, 11) is 0. The Kier molecular flexibility index (Phi) is 37.0. The molecule has 16 heteroatoms. The predicted octanol–water partition coefficient (Wildman–Crippen LogP) is 7.78. The Bertz CT molecular complexity index is 1310. The zero-order valence-corrected chi connectivity index (χ0v) is 40.6. The molecular weight excluding hydrogens is 841 g/mol. The number of unbranched alkanes of at least 4 members (excludes halogenated alkanes) is 10. The van der Waals surface area contributed by atoms with Crippen molar-refractivity contribution in [2.75, 3.05) is 51.9 Å². The molecule has 0 bridgehead atoms. The number of fused-ring (bicyclic) bond motifs is 1. The van der Waals surface area contributed by atoms with Gasteiger partial charge < -0.3 is 40.6 Å². The molecule has 0 saturated carbocycles. The van der Waals surface area contributed by atoms with E-state index in [0.717, 1.165) is 89.4 Å². The van der Waals surface area contributed by atoms with Crippen LogP contribution in [0.2, 0.25) is 0 Å². The third-order valence-corrected chi connectivity index (χ3v) is 12.8. The second kappa shape index (κ2) is 40.2. The molecule has 4 atom stereocenters. The number of hydrogen-bond donors (Lipinski definition) is 5. The smallest absolute Gasteiger partial charge is 0.315 e. The first-order valence-electron chi connectivity index (χ1n) is 24.8. The normalized spacial score (nSPS) is 16.8. The first-order chi connectivity index (χ1) is 31.0. The number of carboxylic acids is 1. The highest BCUT2D eigenvalue weighted by Gasteiger charge is 2.42. The SMILES string of the molecule is CCCCCCC(=O)CCCCCCC(=O)NCCCC[C@H](NC(=O)CCC(=O)O)C(=O)CCCCOCC.CCOCCOCCCCC(=O)CCCC[C@@H]1SC[C@@H]2NC(=O)N[C@@H]21. The summed E-state index contributed by atoms with van der Waals surface area (Å²) in [6.45, 7) is 10.5. The lowest BCUT2D eigenvalue weighted by molar-refractivity contribution is -0.139. The predicted molar refractivity (Wildman–Crippen MR) is 253 cm³/mol. The van der Waals surface area contributed by atoms with Crippen LogP contribution in [-0.4, -0.2) is 122 Å². The number of carbonyl (C=O) groups is 7. The third-order valence-electron chi connectivity index (χ3n) is 11.3. The summed E-state index contributed by atoms with van der Waals surface area (Å²) in [5.74, 6) is 0.178. The summed E-state index contributed by atoms with van der Waals surface area (Å²) in [5, 5.41) is 20.9. The number of hydrogen-bond acceptors (Lipinski definition) is 11. The number of nitrogens with one attached hydrogen (secondary N) is 4. The molecule has 0 spiro atoms. The lowest BCUT2D eigenvalue weighted by Gasteiger charge is -2.18. The quantitative estimate of drug-likeness (QED) is 0.0293. The Morgan fingerprint density at radius 3 is 1.86 bits per heavy atom. The van der Waals surface area contributed by atoms with E-state index in [1.165, 1.54) is 12.8 Å². The monoisotopic (exact) mass is 927 g/mol. The topological polar surface area (TPSA) is 216 Å². The molecule has 4 amide bonds. The van der Waals surface area contributed by atoms with Gasteiger partial charge in [0, 0.05) is 88.9 Å². The minimum Gasteiger partial charge on any atom is -0.481 e. The molecular formula is C48H86N4O11S. The van der Waals surface area contributed by atoms with E-state index in [2.05, 4.69) is 28.2 Å². The first kappa shape index (κ1) is 58.9. The van der Waals surface area contributed by atoms with Crippen LogP contribution in [-0.2, 0) is 43.0 Å². The number of amides is 4. The average Bonchev–Trinajstić information content (AvgIpc) is 3.83. The molecule has 0 aromatic carbocycles. The van der Waals surface area contributed by atoms with Crippen LogP contribution < -0.4 is 21.3 Å². The molecule has 64 heavy (non-hydrogen) atoms. The number of thioether (sulfide) groups is 1. The summed E-state index contributed by atoms with van der Waals surface area (Å²) in [5.41, 5.74) is 0. The average molecular weight is 927 g/mol. The molecule has 370 valence electrons. The number of ether oxygens (including phenoxy) is 3. The van der Waals surface area contributed by atoms with Gasteiger partial charge in [-0.15, -0.1) is 0 Å². The van der Waals surface area contributed by atoms with Gasteiger partial charge in [-0.1, -0.05) is 45.4 Å². The highest BCUT2D eigenvalue weighted by atomic mass is 32.2. The molecule has 2 heterocycles. The van der Waals surface area contributed by atoms with E-state index >= 15 is 0 Å². The third kappa shape index (κ3) is 32.6. The summed E-state index contributed by atoms with van der Waals surface area (Å²) in [6, 6.07) is -0.106. The second-order valence-electron chi connectivity index (χ2n) is 16.9. The van der Waals surface area contributed by atoms with Crippen molar-refractivity contribution in [1.29, 1.82) is 0 Å². The molecule has 2 aliphatic heterocycles. The van der Waals surface area contributed by atoms with Crippen LogP contribution in [0.15, 0.2) is 0 Å². The fraction of sp³-hybridized carbons (Fsp3) is 0.854. The minimum atomic E-state index is -1.05. The van der Waals surface area contributed by atoms with Crippen molar-refractivity contribution in [1.82, 2.24) is 21.3 Å².